The number of rotatable bonds is 3. The number of carbonyl (C=O) groups excluding carboxylic acids is 1. The minimum atomic E-state index is -0.0627. The molecule has 0 unspecified atom stereocenters. The molecule has 0 radical (unpaired) electrons. The molecule has 0 aliphatic carbocycles. The second kappa shape index (κ2) is 5.83. The number of aromatic nitrogens is 1. The predicted octanol–water partition coefficient (Wildman–Crippen LogP) is 4.70. The zero-order valence-electron chi connectivity index (χ0n) is 12.2. The van der Waals surface area contributed by atoms with Gasteiger partial charge in [-0.1, -0.05) is 15.9 Å². The Morgan fingerprint density at radius 3 is 2.30 bits per heavy atom. The highest BCUT2D eigenvalue weighted by molar-refractivity contribution is 9.10. The molecule has 1 heterocycles. The summed E-state index contributed by atoms with van der Waals surface area (Å²) >= 11 is 3.38. The summed E-state index contributed by atoms with van der Waals surface area (Å²) in [5.41, 5.74) is 3.65. The highest BCUT2D eigenvalue weighted by Gasteiger charge is 2.17. The predicted molar refractivity (Wildman–Crippen MR) is 86.4 cm³/mol. The van der Waals surface area contributed by atoms with Crippen LogP contribution < -0.4 is 5.32 Å². The Kier molecular flexibility index (Phi) is 4.33. The number of nitrogens with zero attached hydrogens (tertiary/aromatic N) is 1. The van der Waals surface area contributed by atoms with E-state index >= 15 is 0 Å². The summed E-state index contributed by atoms with van der Waals surface area (Å²) in [4.78, 5) is 12.4. The average molecular weight is 335 g/mol. The third-order valence-electron chi connectivity index (χ3n) is 3.35. The van der Waals surface area contributed by atoms with Gasteiger partial charge < -0.3 is 9.88 Å². The molecule has 2 aromatic rings. The van der Waals surface area contributed by atoms with Crippen LogP contribution in [-0.2, 0) is 0 Å². The lowest BCUT2D eigenvalue weighted by Gasteiger charge is -2.13. The maximum atomic E-state index is 12.4. The average Bonchev–Trinajstić information content (AvgIpc) is 2.67. The second-order valence-corrected chi connectivity index (χ2v) is 6.13. The quantitative estimate of drug-likeness (QED) is 0.867. The van der Waals surface area contributed by atoms with E-state index in [0.717, 1.165) is 27.1 Å². The van der Waals surface area contributed by atoms with Gasteiger partial charge in [-0.2, -0.15) is 0 Å². The first-order valence-corrected chi connectivity index (χ1v) is 7.44. The SMILES string of the molecule is Cc1cc(C(=O)Nc2ccc(Br)cc2)c(C)n1C(C)C. The van der Waals surface area contributed by atoms with Gasteiger partial charge >= 0.3 is 0 Å². The lowest BCUT2D eigenvalue weighted by atomic mass is 10.2. The molecule has 0 aliphatic rings. The Bertz CT molecular complexity index is 627. The molecule has 0 bridgehead atoms. The first-order valence-electron chi connectivity index (χ1n) is 6.65. The van der Waals surface area contributed by atoms with E-state index in [1.165, 1.54) is 0 Å². The molecule has 0 saturated heterocycles. The maximum Gasteiger partial charge on any atom is 0.257 e. The molecule has 0 fully saturated rings. The van der Waals surface area contributed by atoms with Crippen LogP contribution in [0.5, 0.6) is 0 Å². The molecular formula is C16H19BrN2O. The standard InChI is InChI=1S/C16H19BrN2O/c1-10(2)19-11(3)9-15(12(19)4)16(20)18-14-7-5-13(17)6-8-14/h5-10H,1-4H3,(H,18,20). The summed E-state index contributed by atoms with van der Waals surface area (Å²) < 4.78 is 3.17. The number of hydrogen-bond donors (Lipinski definition) is 1. The number of carbonyl (C=O) groups is 1. The molecule has 1 N–H and O–H groups in total. The number of amides is 1. The zero-order valence-corrected chi connectivity index (χ0v) is 13.8. The molecule has 1 aromatic carbocycles. The van der Waals surface area contributed by atoms with Gasteiger partial charge in [-0.05, 0) is 58.0 Å². The van der Waals surface area contributed by atoms with E-state index in [2.05, 4.69) is 39.7 Å². The fourth-order valence-electron chi connectivity index (χ4n) is 2.53. The van der Waals surface area contributed by atoms with Gasteiger partial charge in [-0.25, -0.2) is 0 Å². The van der Waals surface area contributed by atoms with Crippen LogP contribution in [0.2, 0.25) is 0 Å². The molecule has 1 amide bonds. The molecule has 106 valence electrons. The van der Waals surface area contributed by atoms with Gasteiger partial charge in [-0.3, -0.25) is 4.79 Å². The summed E-state index contributed by atoms with van der Waals surface area (Å²) in [6, 6.07) is 9.88. The Morgan fingerprint density at radius 2 is 1.80 bits per heavy atom. The van der Waals surface area contributed by atoms with E-state index in [-0.39, 0.29) is 5.91 Å². The summed E-state index contributed by atoms with van der Waals surface area (Å²) in [5.74, 6) is -0.0627. The summed E-state index contributed by atoms with van der Waals surface area (Å²) in [6.07, 6.45) is 0. The zero-order chi connectivity index (χ0) is 14.9. The molecule has 2 rings (SSSR count). The highest BCUT2D eigenvalue weighted by atomic mass is 79.9. The third-order valence-corrected chi connectivity index (χ3v) is 3.88. The Hall–Kier alpha value is -1.55. The molecule has 0 saturated carbocycles. The van der Waals surface area contributed by atoms with Crippen molar-refractivity contribution in [3.63, 3.8) is 0 Å². The van der Waals surface area contributed by atoms with Crippen LogP contribution in [0, 0.1) is 13.8 Å². The van der Waals surface area contributed by atoms with Crippen LogP contribution in [0.25, 0.3) is 0 Å². The van der Waals surface area contributed by atoms with Crippen molar-refractivity contribution in [3.8, 4) is 0 Å². The van der Waals surface area contributed by atoms with E-state index in [1.54, 1.807) is 0 Å². The first kappa shape index (κ1) is 14.9. The van der Waals surface area contributed by atoms with Crippen LogP contribution in [0.4, 0.5) is 5.69 Å². The summed E-state index contributed by atoms with van der Waals surface area (Å²) in [5, 5.41) is 2.93. The number of aryl methyl sites for hydroxylation is 1. The minimum Gasteiger partial charge on any atom is -0.346 e. The van der Waals surface area contributed by atoms with Crippen molar-refractivity contribution in [2.45, 2.75) is 33.7 Å². The van der Waals surface area contributed by atoms with Crippen LogP contribution in [0.3, 0.4) is 0 Å². The minimum absolute atomic E-state index is 0.0627. The first-order chi connectivity index (χ1) is 9.40. The van der Waals surface area contributed by atoms with Crippen LogP contribution >= 0.6 is 15.9 Å². The maximum absolute atomic E-state index is 12.4. The number of benzene rings is 1. The number of hydrogen-bond acceptors (Lipinski definition) is 1. The highest BCUT2D eigenvalue weighted by Crippen LogP contribution is 2.21. The van der Waals surface area contributed by atoms with Gasteiger partial charge in [0.15, 0.2) is 0 Å². The topological polar surface area (TPSA) is 34.0 Å². The van der Waals surface area contributed by atoms with E-state index in [9.17, 15) is 4.79 Å². The number of nitrogens with one attached hydrogen (secondary N) is 1. The Balaban J connectivity index is 2.26. The van der Waals surface area contributed by atoms with Crippen LogP contribution in [0.15, 0.2) is 34.8 Å². The monoisotopic (exact) mass is 334 g/mol. The molecule has 0 spiro atoms. The van der Waals surface area contributed by atoms with Gasteiger partial charge in [0.25, 0.3) is 5.91 Å². The summed E-state index contributed by atoms with van der Waals surface area (Å²) in [6.45, 7) is 8.26. The van der Waals surface area contributed by atoms with Gasteiger partial charge in [0.2, 0.25) is 0 Å². The lowest BCUT2D eigenvalue weighted by Crippen LogP contribution is -2.13. The van der Waals surface area contributed by atoms with E-state index in [1.807, 2.05) is 44.2 Å². The molecule has 20 heavy (non-hydrogen) atoms. The van der Waals surface area contributed by atoms with Crippen molar-refractivity contribution in [2.75, 3.05) is 5.32 Å². The smallest absolute Gasteiger partial charge is 0.257 e. The summed E-state index contributed by atoms with van der Waals surface area (Å²) in [7, 11) is 0. The molecule has 0 atom stereocenters. The lowest BCUT2D eigenvalue weighted by molar-refractivity contribution is 0.102. The van der Waals surface area contributed by atoms with Gasteiger partial charge in [0.1, 0.15) is 0 Å². The Morgan fingerprint density at radius 1 is 1.20 bits per heavy atom. The van der Waals surface area contributed by atoms with Crippen molar-refractivity contribution in [1.82, 2.24) is 4.57 Å². The largest absolute Gasteiger partial charge is 0.346 e. The number of halogens is 1. The third kappa shape index (κ3) is 2.96. The van der Waals surface area contributed by atoms with Crippen molar-refractivity contribution < 1.29 is 4.79 Å². The van der Waals surface area contributed by atoms with E-state index in [0.29, 0.717) is 6.04 Å². The van der Waals surface area contributed by atoms with Crippen LogP contribution in [-0.4, -0.2) is 10.5 Å². The normalized spacial score (nSPS) is 10.9. The van der Waals surface area contributed by atoms with Gasteiger partial charge in [0, 0.05) is 27.6 Å². The second-order valence-electron chi connectivity index (χ2n) is 5.21. The van der Waals surface area contributed by atoms with Gasteiger partial charge in [-0.15, -0.1) is 0 Å². The molecule has 0 aliphatic heterocycles. The fraction of sp³-hybridized carbons (Fsp3) is 0.312. The van der Waals surface area contributed by atoms with E-state index in [4.69, 9.17) is 0 Å². The van der Waals surface area contributed by atoms with Crippen molar-refractivity contribution in [3.05, 3.63) is 51.8 Å². The van der Waals surface area contributed by atoms with Crippen molar-refractivity contribution >= 4 is 27.5 Å². The van der Waals surface area contributed by atoms with Crippen molar-refractivity contribution in [2.24, 2.45) is 0 Å². The van der Waals surface area contributed by atoms with Crippen molar-refractivity contribution in [1.29, 1.82) is 0 Å². The molecular weight excluding hydrogens is 316 g/mol. The Labute approximate surface area is 128 Å². The van der Waals surface area contributed by atoms with Gasteiger partial charge in [0.05, 0.1) is 5.56 Å². The number of anilines is 1. The van der Waals surface area contributed by atoms with E-state index < -0.39 is 0 Å². The molecule has 4 heteroatoms. The van der Waals surface area contributed by atoms with Crippen LogP contribution in [0.1, 0.15) is 41.6 Å². The molecule has 1 aromatic heterocycles. The fourth-order valence-corrected chi connectivity index (χ4v) is 2.80. The molecule has 3 nitrogen and oxygen atoms in total.